The zero-order valence-electron chi connectivity index (χ0n) is 20.1. The first-order chi connectivity index (χ1) is 18.0. The molecule has 0 aliphatic rings. The Balaban J connectivity index is 1.47. The van der Waals surface area contributed by atoms with Crippen LogP contribution in [0.25, 0.3) is 22.0 Å². The van der Waals surface area contributed by atoms with Gasteiger partial charge in [0.1, 0.15) is 11.6 Å². The van der Waals surface area contributed by atoms with Crippen LogP contribution < -0.4 is 15.8 Å². The fourth-order valence-electron chi connectivity index (χ4n) is 4.48. The Morgan fingerprint density at radius 1 is 1.00 bits per heavy atom. The number of nitrogens with two attached hydrogens (primary N) is 1. The van der Waals surface area contributed by atoms with Crippen molar-refractivity contribution < 1.29 is 14.3 Å². The number of ether oxygens (including phenoxy) is 1. The number of halogens is 1. The second-order valence-corrected chi connectivity index (χ2v) is 9.42. The van der Waals surface area contributed by atoms with Gasteiger partial charge in [-0.15, -0.1) is 0 Å². The minimum absolute atomic E-state index is 0.132. The lowest BCUT2D eigenvalue weighted by Gasteiger charge is -2.11. The molecule has 1 amide bonds. The van der Waals surface area contributed by atoms with Crippen molar-refractivity contribution in [3.63, 3.8) is 0 Å². The van der Waals surface area contributed by atoms with Gasteiger partial charge in [0, 0.05) is 39.2 Å². The smallest absolute Gasteiger partial charge is 0.255 e. The fraction of sp³-hybridized carbons (Fsp3) is 0.103. The maximum absolute atomic E-state index is 13.6. The summed E-state index contributed by atoms with van der Waals surface area (Å²) in [6, 6.07) is 22.3. The Morgan fingerprint density at radius 3 is 2.49 bits per heavy atom. The molecule has 0 aliphatic carbocycles. The molecule has 0 saturated heterocycles. The van der Waals surface area contributed by atoms with Crippen LogP contribution in [0.1, 0.15) is 32.0 Å². The number of amides is 1. The first kappa shape index (κ1) is 24.4. The molecule has 0 fully saturated rings. The molecule has 0 aliphatic heterocycles. The fourth-order valence-corrected chi connectivity index (χ4v) is 4.97. The molecule has 5 aromatic rings. The predicted octanol–water partition coefficient (Wildman–Crippen LogP) is 5.72. The number of hydrogen-bond acceptors (Lipinski definition) is 4. The van der Waals surface area contributed by atoms with Gasteiger partial charge in [-0.25, -0.2) is 0 Å². The molecule has 3 aromatic carbocycles. The lowest BCUT2D eigenvalue weighted by molar-refractivity contribution is 0.0955. The summed E-state index contributed by atoms with van der Waals surface area (Å²) in [5.74, 6) is 0.141. The van der Waals surface area contributed by atoms with Gasteiger partial charge in [-0.05, 0) is 53.9 Å². The third kappa shape index (κ3) is 4.75. The van der Waals surface area contributed by atoms with Gasteiger partial charge in [-0.2, -0.15) is 0 Å². The van der Waals surface area contributed by atoms with E-state index in [4.69, 9.17) is 10.5 Å². The highest BCUT2D eigenvalue weighted by molar-refractivity contribution is 9.10. The molecule has 5 N–H and O–H groups in total. The van der Waals surface area contributed by atoms with Gasteiger partial charge >= 0.3 is 0 Å². The minimum atomic E-state index is -0.354. The Hall–Kier alpha value is -4.30. The number of ketones is 1. The maximum Gasteiger partial charge on any atom is 0.255 e. The molecule has 8 heteroatoms. The minimum Gasteiger partial charge on any atom is -0.497 e. The summed E-state index contributed by atoms with van der Waals surface area (Å²) in [5.41, 5.74) is 10.6. The third-order valence-electron chi connectivity index (χ3n) is 6.33. The Labute approximate surface area is 222 Å². The second-order valence-electron chi connectivity index (χ2n) is 8.57. The SMILES string of the molecule is COc1ccc(C(=O)c2[nH]c(N)c(C(=O)NCCc3c[nH]c4ccccc34)c2-c2ccccc2Br)cc1. The van der Waals surface area contributed by atoms with Crippen LogP contribution in [0.3, 0.4) is 0 Å². The van der Waals surface area contributed by atoms with Crippen molar-refractivity contribution in [3.05, 3.63) is 106 Å². The molecule has 5 rings (SSSR count). The summed E-state index contributed by atoms with van der Waals surface area (Å²) < 4.78 is 5.95. The molecule has 0 radical (unpaired) electrons. The zero-order valence-corrected chi connectivity index (χ0v) is 21.7. The van der Waals surface area contributed by atoms with Gasteiger partial charge in [0.15, 0.2) is 0 Å². The summed E-state index contributed by atoms with van der Waals surface area (Å²) in [7, 11) is 1.57. The van der Waals surface area contributed by atoms with E-state index < -0.39 is 0 Å². The second kappa shape index (κ2) is 10.4. The largest absolute Gasteiger partial charge is 0.497 e. The monoisotopic (exact) mass is 556 g/mol. The molecule has 7 nitrogen and oxygen atoms in total. The van der Waals surface area contributed by atoms with E-state index in [1.807, 2.05) is 48.7 Å². The van der Waals surface area contributed by atoms with Gasteiger partial charge in [0.2, 0.25) is 5.78 Å². The zero-order chi connectivity index (χ0) is 25.9. The number of fused-ring (bicyclic) bond motifs is 1. The summed E-state index contributed by atoms with van der Waals surface area (Å²) in [6.45, 7) is 0.405. The van der Waals surface area contributed by atoms with Gasteiger partial charge in [-0.3, -0.25) is 9.59 Å². The van der Waals surface area contributed by atoms with Crippen molar-refractivity contribution in [2.75, 3.05) is 19.4 Å². The first-order valence-corrected chi connectivity index (χ1v) is 12.6. The molecule has 0 spiro atoms. The molecule has 186 valence electrons. The number of carbonyl (C=O) groups is 2. The molecule has 37 heavy (non-hydrogen) atoms. The lowest BCUT2D eigenvalue weighted by atomic mass is 9.96. The number of H-pyrrole nitrogens is 2. The van der Waals surface area contributed by atoms with Crippen LogP contribution >= 0.6 is 15.9 Å². The van der Waals surface area contributed by atoms with E-state index >= 15 is 0 Å². The third-order valence-corrected chi connectivity index (χ3v) is 7.02. The van der Waals surface area contributed by atoms with Crippen molar-refractivity contribution in [1.29, 1.82) is 0 Å². The molecular formula is C29H25BrN4O3. The van der Waals surface area contributed by atoms with Crippen molar-refractivity contribution in [2.24, 2.45) is 0 Å². The highest BCUT2D eigenvalue weighted by atomic mass is 79.9. The number of carbonyl (C=O) groups excluding carboxylic acids is 2. The first-order valence-electron chi connectivity index (χ1n) is 11.8. The summed E-state index contributed by atoms with van der Waals surface area (Å²) >= 11 is 3.57. The van der Waals surface area contributed by atoms with E-state index in [-0.39, 0.29) is 28.8 Å². The molecule has 2 heterocycles. The quantitative estimate of drug-likeness (QED) is 0.183. The average molecular weight is 557 g/mol. The summed E-state index contributed by atoms with van der Waals surface area (Å²) in [4.78, 5) is 33.3. The topological polar surface area (TPSA) is 113 Å². The van der Waals surface area contributed by atoms with Crippen LogP contribution in [0.2, 0.25) is 0 Å². The molecular weight excluding hydrogens is 532 g/mol. The predicted molar refractivity (Wildman–Crippen MR) is 149 cm³/mol. The number of nitrogens with one attached hydrogen (secondary N) is 3. The molecule has 0 bridgehead atoms. The number of rotatable bonds is 8. The van der Waals surface area contributed by atoms with E-state index in [0.29, 0.717) is 35.4 Å². The van der Waals surface area contributed by atoms with Crippen LogP contribution in [-0.2, 0) is 6.42 Å². The average Bonchev–Trinajstić information content (AvgIpc) is 3.49. The van der Waals surface area contributed by atoms with Gasteiger partial charge < -0.3 is 25.8 Å². The normalized spacial score (nSPS) is 11.0. The van der Waals surface area contributed by atoms with Crippen LogP contribution in [-0.4, -0.2) is 35.3 Å². The Bertz CT molecular complexity index is 1600. The van der Waals surface area contributed by atoms with E-state index in [0.717, 1.165) is 20.9 Å². The maximum atomic E-state index is 13.6. The summed E-state index contributed by atoms with van der Waals surface area (Å²) in [6.07, 6.45) is 2.60. The summed E-state index contributed by atoms with van der Waals surface area (Å²) in [5, 5.41) is 4.11. The lowest BCUT2D eigenvalue weighted by Crippen LogP contribution is -2.26. The van der Waals surface area contributed by atoms with E-state index in [2.05, 4.69) is 37.3 Å². The Morgan fingerprint density at radius 2 is 1.73 bits per heavy atom. The van der Waals surface area contributed by atoms with Gasteiger partial charge in [0.05, 0.1) is 18.4 Å². The number of para-hydroxylation sites is 1. The van der Waals surface area contributed by atoms with Gasteiger partial charge in [0.25, 0.3) is 5.91 Å². The Kier molecular flexibility index (Phi) is 6.83. The van der Waals surface area contributed by atoms with E-state index in [9.17, 15) is 9.59 Å². The molecule has 2 aromatic heterocycles. The number of aromatic amines is 2. The highest BCUT2D eigenvalue weighted by Crippen LogP contribution is 2.37. The van der Waals surface area contributed by atoms with Crippen molar-refractivity contribution in [2.45, 2.75) is 6.42 Å². The molecule has 0 atom stereocenters. The van der Waals surface area contributed by atoms with Crippen LogP contribution in [0.4, 0.5) is 5.82 Å². The van der Waals surface area contributed by atoms with Crippen LogP contribution in [0, 0.1) is 0 Å². The number of nitrogen functional groups attached to an aromatic ring is 1. The molecule has 0 saturated carbocycles. The van der Waals surface area contributed by atoms with Crippen molar-refractivity contribution in [3.8, 4) is 16.9 Å². The van der Waals surface area contributed by atoms with E-state index in [1.54, 1.807) is 31.4 Å². The van der Waals surface area contributed by atoms with Crippen LogP contribution in [0.5, 0.6) is 5.75 Å². The van der Waals surface area contributed by atoms with Gasteiger partial charge in [-0.1, -0.05) is 52.3 Å². The number of aromatic nitrogens is 2. The highest BCUT2D eigenvalue weighted by Gasteiger charge is 2.28. The van der Waals surface area contributed by atoms with Crippen molar-refractivity contribution >= 4 is 44.3 Å². The number of methoxy groups -OCH3 is 1. The number of hydrogen-bond donors (Lipinski definition) is 4. The molecule has 0 unspecified atom stereocenters. The van der Waals surface area contributed by atoms with E-state index in [1.165, 1.54) is 0 Å². The number of anilines is 1. The standard InChI is InChI=1S/C29H25BrN4O3/c1-37-19-12-10-17(11-13-19)27(35)26-24(21-7-2-4-8-22(21)30)25(28(31)34-26)29(36)32-15-14-18-16-33-23-9-5-3-6-20(18)23/h2-13,16,33-34H,14-15,31H2,1H3,(H,32,36). The number of benzene rings is 3. The van der Waals surface area contributed by atoms with Crippen molar-refractivity contribution in [1.82, 2.24) is 15.3 Å². The van der Waals surface area contributed by atoms with Crippen LogP contribution in [0.15, 0.2) is 83.5 Å².